The smallest absolute Gasteiger partial charge is 0.407 e. The highest BCUT2D eigenvalue weighted by Gasteiger charge is 2.29. The molecule has 9 heteroatoms. The van der Waals surface area contributed by atoms with E-state index in [1.165, 1.54) is 12.1 Å². The van der Waals surface area contributed by atoms with Crippen LogP contribution in [0.1, 0.15) is 46.5 Å². The Kier molecular flexibility index (Phi) is 7.35. The summed E-state index contributed by atoms with van der Waals surface area (Å²) in [5, 5.41) is 13.7. The molecule has 1 saturated carbocycles. The lowest BCUT2D eigenvalue weighted by Crippen LogP contribution is -2.51. The molecule has 0 unspecified atom stereocenters. The quantitative estimate of drug-likeness (QED) is 0.556. The number of piperazine rings is 1. The number of anilines is 1. The molecule has 1 aromatic carbocycles. The maximum Gasteiger partial charge on any atom is 0.407 e. The Balaban J connectivity index is 1.41. The monoisotopic (exact) mass is 436 g/mol. The summed E-state index contributed by atoms with van der Waals surface area (Å²) in [7, 11) is 0. The summed E-state index contributed by atoms with van der Waals surface area (Å²) < 4.78 is 19.6. The summed E-state index contributed by atoms with van der Waals surface area (Å²) >= 11 is 0. The Morgan fingerprint density at radius 1 is 1.19 bits per heavy atom. The summed E-state index contributed by atoms with van der Waals surface area (Å²) in [6, 6.07) is 4.37. The molecule has 1 amide bonds. The molecule has 8 nitrogen and oxygen atoms in total. The molecule has 1 heterocycles. The van der Waals surface area contributed by atoms with Gasteiger partial charge in [-0.2, -0.15) is 0 Å². The van der Waals surface area contributed by atoms with Crippen LogP contribution in [0.3, 0.4) is 0 Å². The van der Waals surface area contributed by atoms with E-state index in [4.69, 9.17) is 4.74 Å². The summed E-state index contributed by atoms with van der Waals surface area (Å²) in [4.78, 5) is 26.5. The van der Waals surface area contributed by atoms with Crippen LogP contribution < -0.4 is 10.2 Å². The Bertz CT molecular complexity index is 782. The van der Waals surface area contributed by atoms with E-state index < -0.39 is 16.3 Å². The van der Waals surface area contributed by atoms with E-state index in [0.717, 1.165) is 44.8 Å². The number of amides is 1. The zero-order chi connectivity index (χ0) is 22.6. The Labute approximate surface area is 182 Å². The molecule has 1 aliphatic carbocycles. The standard InChI is InChI=1S/C22H33FN4O4/c1-22(2,3)31-21(28)24-15-16-4-6-17(7-5-16)25-10-12-26(13-11-25)20-9-8-18(27(29)30)14-19(20)23/h8-9,14,16-17H,4-7,10-13,15H2,1-3H3,(H,24,28). The fourth-order valence-electron chi connectivity index (χ4n) is 4.45. The predicted octanol–water partition coefficient (Wildman–Crippen LogP) is 3.94. The summed E-state index contributed by atoms with van der Waals surface area (Å²) in [6.07, 6.45) is 3.96. The van der Waals surface area contributed by atoms with E-state index in [2.05, 4.69) is 10.2 Å². The van der Waals surface area contributed by atoms with Gasteiger partial charge in [0.1, 0.15) is 5.60 Å². The van der Waals surface area contributed by atoms with Gasteiger partial charge >= 0.3 is 6.09 Å². The van der Waals surface area contributed by atoms with Crippen LogP contribution in [0.5, 0.6) is 0 Å². The van der Waals surface area contributed by atoms with Crippen molar-refractivity contribution in [3.63, 3.8) is 0 Å². The summed E-state index contributed by atoms with van der Waals surface area (Å²) in [6.45, 7) is 9.32. The number of hydrogen-bond acceptors (Lipinski definition) is 6. The predicted molar refractivity (Wildman–Crippen MR) is 117 cm³/mol. The minimum absolute atomic E-state index is 0.224. The van der Waals surface area contributed by atoms with Crippen LogP contribution in [0.15, 0.2) is 18.2 Å². The molecule has 2 fully saturated rings. The highest BCUT2D eigenvalue weighted by Crippen LogP contribution is 2.30. The lowest BCUT2D eigenvalue weighted by Gasteiger charge is -2.42. The van der Waals surface area contributed by atoms with Crippen molar-refractivity contribution in [1.82, 2.24) is 10.2 Å². The SMILES string of the molecule is CC(C)(C)OC(=O)NCC1CCC(N2CCN(c3ccc([N+](=O)[O-])cc3F)CC2)CC1. The lowest BCUT2D eigenvalue weighted by molar-refractivity contribution is -0.385. The number of carbonyl (C=O) groups is 1. The number of nitro benzene ring substituents is 1. The van der Waals surface area contributed by atoms with E-state index >= 15 is 0 Å². The number of benzene rings is 1. The van der Waals surface area contributed by atoms with Crippen LogP contribution in [0.25, 0.3) is 0 Å². The van der Waals surface area contributed by atoms with Crippen molar-refractivity contribution in [2.75, 3.05) is 37.6 Å². The van der Waals surface area contributed by atoms with Gasteiger partial charge in [0.25, 0.3) is 5.69 Å². The fourth-order valence-corrected chi connectivity index (χ4v) is 4.45. The third kappa shape index (κ3) is 6.53. The van der Waals surface area contributed by atoms with Gasteiger partial charge in [0, 0.05) is 44.8 Å². The highest BCUT2D eigenvalue weighted by molar-refractivity contribution is 5.67. The normalized spacial score (nSPS) is 22.8. The van der Waals surface area contributed by atoms with Gasteiger partial charge in [-0.15, -0.1) is 0 Å². The maximum absolute atomic E-state index is 14.3. The van der Waals surface area contributed by atoms with Gasteiger partial charge in [0.05, 0.1) is 16.7 Å². The number of ether oxygens (including phenoxy) is 1. The number of non-ortho nitro benzene ring substituents is 1. The van der Waals surface area contributed by atoms with Gasteiger partial charge in [-0.1, -0.05) is 0 Å². The number of hydrogen-bond donors (Lipinski definition) is 1. The van der Waals surface area contributed by atoms with E-state index in [1.807, 2.05) is 25.7 Å². The molecule has 0 bridgehead atoms. The zero-order valence-electron chi connectivity index (χ0n) is 18.6. The van der Waals surface area contributed by atoms with Gasteiger partial charge in [0.15, 0.2) is 5.82 Å². The molecule has 2 aliphatic rings. The van der Waals surface area contributed by atoms with Crippen LogP contribution in [-0.2, 0) is 4.74 Å². The molecule has 1 aliphatic heterocycles. The molecule has 0 radical (unpaired) electrons. The Hall–Kier alpha value is -2.42. The number of rotatable bonds is 5. The molecule has 1 aromatic rings. The summed E-state index contributed by atoms with van der Waals surface area (Å²) in [5.41, 5.74) is -0.277. The third-order valence-corrected chi connectivity index (χ3v) is 6.06. The van der Waals surface area contributed by atoms with E-state index in [9.17, 15) is 19.3 Å². The number of alkyl carbamates (subject to hydrolysis) is 1. The van der Waals surface area contributed by atoms with Crippen molar-refractivity contribution in [3.05, 3.63) is 34.1 Å². The van der Waals surface area contributed by atoms with Crippen LogP contribution in [0.4, 0.5) is 20.6 Å². The minimum Gasteiger partial charge on any atom is -0.444 e. The molecular formula is C22H33FN4O4. The zero-order valence-corrected chi connectivity index (χ0v) is 18.6. The summed E-state index contributed by atoms with van der Waals surface area (Å²) in [5.74, 6) is -0.0695. The van der Waals surface area contributed by atoms with Gasteiger partial charge < -0.3 is 15.0 Å². The Morgan fingerprint density at radius 3 is 2.39 bits per heavy atom. The first kappa shape index (κ1) is 23.2. The van der Waals surface area contributed by atoms with Gasteiger partial charge in [-0.05, 0) is 58.4 Å². The molecule has 1 saturated heterocycles. The third-order valence-electron chi connectivity index (χ3n) is 6.06. The molecule has 0 aromatic heterocycles. The van der Waals surface area contributed by atoms with Gasteiger partial charge in [-0.25, -0.2) is 9.18 Å². The van der Waals surface area contributed by atoms with E-state index in [0.29, 0.717) is 37.3 Å². The van der Waals surface area contributed by atoms with Crippen LogP contribution >= 0.6 is 0 Å². The van der Waals surface area contributed by atoms with Crippen molar-refractivity contribution in [2.24, 2.45) is 5.92 Å². The second-order valence-corrected chi connectivity index (χ2v) is 9.47. The number of nitrogens with one attached hydrogen (secondary N) is 1. The average molecular weight is 437 g/mol. The van der Waals surface area contributed by atoms with Crippen LogP contribution in [0.2, 0.25) is 0 Å². The number of nitro groups is 1. The number of carbonyl (C=O) groups excluding carboxylic acids is 1. The molecule has 1 N–H and O–H groups in total. The lowest BCUT2D eigenvalue weighted by atomic mass is 9.85. The number of nitrogens with zero attached hydrogens (tertiary/aromatic N) is 3. The van der Waals surface area contributed by atoms with Crippen molar-refractivity contribution >= 4 is 17.5 Å². The van der Waals surface area contributed by atoms with Crippen molar-refractivity contribution in [3.8, 4) is 0 Å². The average Bonchev–Trinajstić information content (AvgIpc) is 2.71. The van der Waals surface area contributed by atoms with Gasteiger partial charge in [-0.3, -0.25) is 15.0 Å². The first-order chi connectivity index (χ1) is 14.6. The maximum atomic E-state index is 14.3. The molecular weight excluding hydrogens is 403 g/mol. The second kappa shape index (κ2) is 9.80. The van der Waals surface area contributed by atoms with Crippen LogP contribution in [-0.4, -0.2) is 60.3 Å². The van der Waals surface area contributed by atoms with Crippen LogP contribution in [0, 0.1) is 21.8 Å². The first-order valence-electron chi connectivity index (χ1n) is 11.0. The van der Waals surface area contributed by atoms with Crippen molar-refractivity contribution in [2.45, 2.75) is 58.1 Å². The van der Waals surface area contributed by atoms with Crippen molar-refractivity contribution < 1.29 is 18.8 Å². The first-order valence-corrected chi connectivity index (χ1v) is 11.0. The molecule has 0 spiro atoms. The number of halogens is 1. The minimum atomic E-state index is -0.579. The Morgan fingerprint density at radius 2 is 1.84 bits per heavy atom. The van der Waals surface area contributed by atoms with Gasteiger partial charge in [0.2, 0.25) is 0 Å². The van der Waals surface area contributed by atoms with Crippen molar-refractivity contribution in [1.29, 1.82) is 0 Å². The topological polar surface area (TPSA) is 88.0 Å². The molecule has 172 valence electrons. The molecule has 31 heavy (non-hydrogen) atoms. The highest BCUT2D eigenvalue weighted by atomic mass is 19.1. The largest absolute Gasteiger partial charge is 0.444 e. The van der Waals surface area contributed by atoms with E-state index in [-0.39, 0.29) is 11.8 Å². The fraction of sp³-hybridized carbons (Fsp3) is 0.682. The second-order valence-electron chi connectivity index (χ2n) is 9.47. The molecule has 0 atom stereocenters. The molecule has 3 rings (SSSR count). The van der Waals surface area contributed by atoms with E-state index in [1.54, 1.807) is 0 Å².